The Balaban J connectivity index is 1.35. The number of benzene rings is 2. The Morgan fingerprint density at radius 3 is 2.29 bits per heavy atom. The summed E-state index contributed by atoms with van der Waals surface area (Å²) < 4.78 is 49.8. The van der Waals surface area contributed by atoms with Crippen molar-refractivity contribution in [2.24, 2.45) is 0 Å². The van der Waals surface area contributed by atoms with E-state index in [-0.39, 0.29) is 28.6 Å². The lowest BCUT2D eigenvalue weighted by Gasteiger charge is -2.40. The van der Waals surface area contributed by atoms with Crippen molar-refractivity contribution in [3.8, 4) is 11.5 Å². The highest BCUT2D eigenvalue weighted by Gasteiger charge is 2.44. The maximum absolute atomic E-state index is 13.0. The van der Waals surface area contributed by atoms with E-state index < -0.39 is 66.0 Å². The molecule has 0 aliphatic carbocycles. The molecule has 0 saturated carbocycles. The molecule has 1 aliphatic rings. The number of nitrogens with one attached hydrogen (secondary N) is 3. The minimum Gasteiger partial charge on any atom is -0.457 e. The highest BCUT2D eigenvalue weighted by atomic mass is 35.5. The number of ether oxygens (including phenoxy) is 2. The number of urea groups is 1. The smallest absolute Gasteiger partial charge is 0.417 e. The second-order valence-corrected chi connectivity index (χ2v) is 9.41. The van der Waals surface area contributed by atoms with Crippen LogP contribution in [0.4, 0.5) is 29.3 Å². The van der Waals surface area contributed by atoms with Gasteiger partial charge >= 0.3 is 12.2 Å². The van der Waals surface area contributed by atoms with Crippen LogP contribution in [0.15, 0.2) is 60.8 Å². The van der Waals surface area contributed by atoms with Crippen molar-refractivity contribution in [3.05, 3.63) is 77.1 Å². The molecule has 0 spiro atoms. The van der Waals surface area contributed by atoms with Gasteiger partial charge in [0.15, 0.2) is 6.29 Å². The number of aliphatic hydroxyl groups is 4. The first-order valence-corrected chi connectivity index (χ1v) is 12.5. The molecular formula is C26H24ClF3N4O8. The molecule has 0 bridgehead atoms. The predicted octanol–water partition coefficient (Wildman–Crippen LogP) is 2.72. The summed E-state index contributed by atoms with van der Waals surface area (Å²) in [4.78, 5) is 28.9. The third-order valence-corrected chi connectivity index (χ3v) is 6.37. The van der Waals surface area contributed by atoms with Gasteiger partial charge in [-0.05, 0) is 48.5 Å². The summed E-state index contributed by atoms with van der Waals surface area (Å²) in [5, 5.41) is 46.0. The Morgan fingerprint density at radius 1 is 0.952 bits per heavy atom. The van der Waals surface area contributed by atoms with Crippen LogP contribution in [0, 0.1) is 0 Å². The van der Waals surface area contributed by atoms with Crippen molar-refractivity contribution < 1.29 is 52.7 Å². The maximum Gasteiger partial charge on any atom is 0.417 e. The van der Waals surface area contributed by atoms with Gasteiger partial charge in [-0.3, -0.25) is 9.78 Å². The van der Waals surface area contributed by atoms with Crippen LogP contribution in [-0.2, 0) is 10.9 Å². The SMILES string of the molecule is O=C(Nc1ccc(Oc2ccnc(C(=O)N[C@@H]3[C@@H](O)[C@H](O)[C@@H](CO)O[C@H]3O)c2)cc1)Nc1ccc(Cl)c(C(F)(F)F)c1. The molecule has 0 radical (unpaired) electrons. The van der Waals surface area contributed by atoms with Gasteiger partial charge in [0.2, 0.25) is 0 Å². The van der Waals surface area contributed by atoms with Crippen molar-refractivity contribution in [1.29, 1.82) is 0 Å². The Morgan fingerprint density at radius 2 is 1.62 bits per heavy atom. The quantitative estimate of drug-likeness (QED) is 0.211. The molecule has 4 rings (SSSR count). The summed E-state index contributed by atoms with van der Waals surface area (Å²) in [5.41, 5.74) is -1.07. The third-order valence-electron chi connectivity index (χ3n) is 6.04. The summed E-state index contributed by atoms with van der Waals surface area (Å²) >= 11 is 5.59. The molecule has 16 heteroatoms. The summed E-state index contributed by atoms with van der Waals surface area (Å²) in [7, 11) is 0. The van der Waals surface area contributed by atoms with Gasteiger partial charge in [-0.1, -0.05) is 11.6 Å². The lowest BCUT2D eigenvalue weighted by atomic mass is 9.97. The van der Waals surface area contributed by atoms with Crippen LogP contribution in [0.3, 0.4) is 0 Å². The molecule has 3 aromatic rings. The summed E-state index contributed by atoms with van der Waals surface area (Å²) in [5.74, 6) is -0.357. The molecule has 1 aliphatic heterocycles. The number of rotatable bonds is 7. The number of halogens is 4. The van der Waals surface area contributed by atoms with Gasteiger partial charge in [0, 0.05) is 23.6 Å². The average Bonchev–Trinajstić information content (AvgIpc) is 2.94. The van der Waals surface area contributed by atoms with Crippen LogP contribution < -0.4 is 20.7 Å². The number of hydrogen-bond acceptors (Lipinski definition) is 9. The fraction of sp³-hybridized carbons (Fsp3) is 0.269. The average molecular weight is 613 g/mol. The highest BCUT2D eigenvalue weighted by molar-refractivity contribution is 6.31. The molecule has 1 fully saturated rings. The van der Waals surface area contributed by atoms with E-state index in [1.807, 2.05) is 0 Å². The molecule has 12 nitrogen and oxygen atoms in total. The van der Waals surface area contributed by atoms with Crippen molar-refractivity contribution in [2.75, 3.05) is 17.2 Å². The van der Waals surface area contributed by atoms with Gasteiger partial charge in [-0.25, -0.2) is 4.79 Å². The van der Waals surface area contributed by atoms with E-state index in [9.17, 15) is 38.1 Å². The first-order valence-electron chi connectivity index (χ1n) is 12.2. The third kappa shape index (κ3) is 7.44. The van der Waals surface area contributed by atoms with Crippen LogP contribution in [0.2, 0.25) is 5.02 Å². The van der Waals surface area contributed by atoms with Gasteiger partial charge in [0.25, 0.3) is 5.91 Å². The topological polar surface area (TPSA) is 182 Å². The predicted molar refractivity (Wildman–Crippen MR) is 141 cm³/mol. The van der Waals surface area contributed by atoms with Gasteiger partial charge in [0.05, 0.1) is 17.2 Å². The molecule has 1 aromatic heterocycles. The zero-order chi connectivity index (χ0) is 30.6. The summed E-state index contributed by atoms with van der Waals surface area (Å²) in [6, 6.07) is 9.34. The van der Waals surface area contributed by atoms with Crippen molar-refractivity contribution >= 4 is 34.9 Å². The van der Waals surface area contributed by atoms with Crippen LogP contribution in [0.25, 0.3) is 0 Å². The maximum atomic E-state index is 13.0. The van der Waals surface area contributed by atoms with Gasteiger partial charge < -0.3 is 45.9 Å². The van der Waals surface area contributed by atoms with E-state index in [1.165, 1.54) is 48.7 Å². The van der Waals surface area contributed by atoms with Gasteiger partial charge in [-0.15, -0.1) is 0 Å². The first-order chi connectivity index (χ1) is 19.8. The Bertz CT molecular complexity index is 1430. The normalized spacial score (nSPS) is 22.2. The number of carbonyl (C=O) groups is 2. The second kappa shape index (κ2) is 12.9. The molecular weight excluding hydrogens is 589 g/mol. The Hall–Kier alpha value is -3.99. The molecule has 2 aromatic carbocycles. The number of aliphatic hydroxyl groups excluding tert-OH is 4. The van der Waals surface area contributed by atoms with E-state index in [2.05, 4.69) is 20.9 Å². The second-order valence-electron chi connectivity index (χ2n) is 9.00. The van der Waals surface area contributed by atoms with Crippen LogP contribution >= 0.6 is 11.6 Å². The van der Waals surface area contributed by atoms with Crippen LogP contribution in [0.5, 0.6) is 11.5 Å². The van der Waals surface area contributed by atoms with E-state index in [0.29, 0.717) is 6.07 Å². The summed E-state index contributed by atoms with van der Waals surface area (Å²) in [6.07, 6.45) is -9.55. The molecule has 2 heterocycles. The Kier molecular flexibility index (Phi) is 9.50. The van der Waals surface area contributed by atoms with Gasteiger partial charge in [0.1, 0.15) is 41.5 Å². The number of nitrogens with zero attached hydrogens (tertiary/aromatic N) is 1. The lowest BCUT2D eigenvalue weighted by molar-refractivity contribution is -0.252. The number of aromatic nitrogens is 1. The standard InChI is InChI=1S/C26H24ClF3N4O8/c27-17-6-3-13(9-16(17)26(28,29)30)33-25(40)32-12-1-4-14(5-2-12)41-15-7-8-31-18(10-15)23(38)34-20-22(37)21(36)19(11-35)42-24(20)39/h1-10,19-22,24,35-37,39H,11H2,(H,34,38)(H2,32,33,40)/t19-,20-,21-,22-,24-/m1/s1. The van der Waals surface area contributed by atoms with Crippen molar-refractivity contribution in [2.45, 2.75) is 36.8 Å². The fourth-order valence-electron chi connectivity index (χ4n) is 3.93. The fourth-order valence-corrected chi connectivity index (χ4v) is 4.16. The molecule has 1 saturated heterocycles. The molecule has 0 unspecified atom stereocenters. The largest absolute Gasteiger partial charge is 0.457 e. The minimum atomic E-state index is -4.69. The molecule has 42 heavy (non-hydrogen) atoms. The van der Waals surface area contributed by atoms with E-state index in [4.69, 9.17) is 26.2 Å². The first kappa shape index (κ1) is 31.0. The number of pyridine rings is 1. The van der Waals surface area contributed by atoms with Crippen LogP contribution in [0.1, 0.15) is 16.1 Å². The van der Waals surface area contributed by atoms with E-state index >= 15 is 0 Å². The molecule has 3 amide bonds. The van der Waals surface area contributed by atoms with Gasteiger partial charge in [-0.2, -0.15) is 13.2 Å². The monoisotopic (exact) mass is 612 g/mol. The number of alkyl halides is 3. The van der Waals surface area contributed by atoms with Crippen LogP contribution in [-0.4, -0.2) is 74.6 Å². The number of anilines is 2. The number of carbonyl (C=O) groups excluding carboxylic acids is 2. The zero-order valence-electron chi connectivity index (χ0n) is 21.2. The highest BCUT2D eigenvalue weighted by Crippen LogP contribution is 2.36. The van der Waals surface area contributed by atoms with Crippen molar-refractivity contribution in [3.63, 3.8) is 0 Å². The lowest BCUT2D eigenvalue weighted by Crippen LogP contribution is -2.64. The van der Waals surface area contributed by atoms with E-state index in [1.54, 1.807) is 0 Å². The minimum absolute atomic E-state index is 0.118. The Labute approximate surface area is 240 Å². The molecule has 224 valence electrons. The number of hydrogen-bond donors (Lipinski definition) is 7. The van der Waals surface area contributed by atoms with E-state index in [0.717, 1.165) is 6.07 Å². The summed E-state index contributed by atoms with van der Waals surface area (Å²) in [6.45, 7) is -0.656. The molecule has 5 atom stereocenters. The number of amides is 3. The zero-order valence-corrected chi connectivity index (χ0v) is 22.0. The molecule has 7 N–H and O–H groups in total. The van der Waals surface area contributed by atoms with Crippen molar-refractivity contribution in [1.82, 2.24) is 10.3 Å².